The zero-order valence-corrected chi connectivity index (χ0v) is 13.0. The SMILES string of the molecule is CC(C)N(Cc1ccccc1)CC(Cl)c1cccs1. The van der Waals surface area contributed by atoms with Gasteiger partial charge in [0.25, 0.3) is 0 Å². The smallest absolute Gasteiger partial charge is 0.0805 e. The van der Waals surface area contributed by atoms with Crippen molar-refractivity contribution >= 4 is 22.9 Å². The van der Waals surface area contributed by atoms with Crippen LogP contribution < -0.4 is 0 Å². The van der Waals surface area contributed by atoms with Crippen molar-refractivity contribution in [3.8, 4) is 0 Å². The largest absolute Gasteiger partial charge is 0.295 e. The molecule has 2 aromatic rings. The van der Waals surface area contributed by atoms with Crippen LogP contribution in [0.4, 0.5) is 0 Å². The van der Waals surface area contributed by atoms with Crippen LogP contribution in [-0.2, 0) is 6.54 Å². The topological polar surface area (TPSA) is 3.24 Å². The maximum atomic E-state index is 6.52. The number of benzene rings is 1. The molecule has 1 heterocycles. The van der Waals surface area contributed by atoms with Crippen LogP contribution in [0.3, 0.4) is 0 Å². The Kier molecular flexibility index (Phi) is 5.44. The molecule has 102 valence electrons. The van der Waals surface area contributed by atoms with Gasteiger partial charge in [-0.2, -0.15) is 0 Å². The molecular weight excluding hydrogens is 274 g/mol. The minimum atomic E-state index is 0.0751. The Morgan fingerprint density at radius 1 is 1.11 bits per heavy atom. The highest BCUT2D eigenvalue weighted by Crippen LogP contribution is 2.27. The number of hydrogen-bond acceptors (Lipinski definition) is 2. The molecule has 0 saturated carbocycles. The summed E-state index contributed by atoms with van der Waals surface area (Å²) < 4.78 is 0. The Morgan fingerprint density at radius 3 is 2.42 bits per heavy atom. The van der Waals surface area contributed by atoms with Gasteiger partial charge in [-0.25, -0.2) is 0 Å². The molecule has 1 nitrogen and oxygen atoms in total. The number of alkyl halides is 1. The molecule has 0 saturated heterocycles. The summed E-state index contributed by atoms with van der Waals surface area (Å²) in [4.78, 5) is 3.67. The first-order valence-electron chi connectivity index (χ1n) is 6.62. The monoisotopic (exact) mass is 293 g/mol. The quantitative estimate of drug-likeness (QED) is 0.682. The molecule has 2 rings (SSSR count). The van der Waals surface area contributed by atoms with E-state index >= 15 is 0 Å². The Hall–Kier alpha value is -0.830. The minimum absolute atomic E-state index is 0.0751. The van der Waals surface area contributed by atoms with Gasteiger partial charge >= 0.3 is 0 Å². The van der Waals surface area contributed by atoms with E-state index in [4.69, 9.17) is 11.6 Å². The van der Waals surface area contributed by atoms with Crippen molar-refractivity contribution in [1.29, 1.82) is 0 Å². The third-order valence-electron chi connectivity index (χ3n) is 3.21. The fourth-order valence-electron chi connectivity index (χ4n) is 2.04. The van der Waals surface area contributed by atoms with Gasteiger partial charge in [-0.3, -0.25) is 4.90 Å². The van der Waals surface area contributed by atoms with Gasteiger partial charge in [-0.05, 0) is 30.9 Å². The standard InChI is InChI=1S/C16H20ClNS/c1-13(2)18(11-14-7-4-3-5-8-14)12-15(17)16-9-6-10-19-16/h3-10,13,15H,11-12H2,1-2H3. The van der Waals surface area contributed by atoms with Gasteiger partial charge in [0, 0.05) is 24.0 Å². The summed E-state index contributed by atoms with van der Waals surface area (Å²) in [7, 11) is 0. The summed E-state index contributed by atoms with van der Waals surface area (Å²) in [5.74, 6) is 0. The first-order chi connectivity index (χ1) is 9.16. The Balaban J connectivity index is 2.00. The molecule has 1 aromatic carbocycles. The van der Waals surface area contributed by atoms with E-state index in [2.05, 4.69) is 66.6 Å². The van der Waals surface area contributed by atoms with Gasteiger partial charge in [0.2, 0.25) is 0 Å². The van der Waals surface area contributed by atoms with Crippen molar-refractivity contribution in [3.05, 3.63) is 58.3 Å². The predicted molar refractivity (Wildman–Crippen MR) is 84.9 cm³/mol. The summed E-state index contributed by atoms with van der Waals surface area (Å²) in [6.45, 7) is 6.28. The van der Waals surface area contributed by atoms with Crippen molar-refractivity contribution in [3.63, 3.8) is 0 Å². The third-order valence-corrected chi connectivity index (χ3v) is 4.69. The lowest BCUT2D eigenvalue weighted by Gasteiger charge is -2.28. The molecule has 1 aromatic heterocycles. The van der Waals surface area contributed by atoms with Crippen LogP contribution in [0.1, 0.15) is 29.7 Å². The van der Waals surface area contributed by atoms with E-state index in [1.165, 1.54) is 10.4 Å². The summed E-state index contributed by atoms with van der Waals surface area (Å²) in [5.41, 5.74) is 1.34. The van der Waals surface area contributed by atoms with Crippen LogP contribution in [0.15, 0.2) is 47.8 Å². The van der Waals surface area contributed by atoms with Crippen LogP contribution in [0.25, 0.3) is 0 Å². The van der Waals surface area contributed by atoms with Gasteiger partial charge in [-0.15, -0.1) is 22.9 Å². The molecule has 19 heavy (non-hydrogen) atoms. The molecule has 0 fully saturated rings. The maximum absolute atomic E-state index is 6.52. The molecule has 0 aliphatic heterocycles. The van der Waals surface area contributed by atoms with E-state index in [0.717, 1.165) is 13.1 Å². The number of thiophene rings is 1. The molecular formula is C16H20ClNS. The summed E-state index contributed by atoms with van der Waals surface area (Å²) in [5, 5.41) is 2.16. The van der Waals surface area contributed by atoms with Crippen molar-refractivity contribution in [2.75, 3.05) is 6.54 Å². The van der Waals surface area contributed by atoms with Gasteiger partial charge in [0.05, 0.1) is 5.38 Å². The zero-order valence-electron chi connectivity index (χ0n) is 11.4. The van der Waals surface area contributed by atoms with E-state index in [0.29, 0.717) is 6.04 Å². The van der Waals surface area contributed by atoms with Gasteiger partial charge in [0.15, 0.2) is 0 Å². The fourth-order valence-corrected chi connectivity index (χ4v) is 3.14. The maximum Gasteiger partial charge on any atom is 0.0805 e. The van der Waals surface area contributed by atoms with Crippen LogP contribution in [0.5, 0.6) is 0 Å². The molecule has 3 heteroatoms. The van der Waals surface area contributed by atoms with E-state index in [1.807, 2.05) is 0 Å². The van der Waals surface area contributed by atoms with E-state index < -0.39 is 0 Å². The predicted octanol–water partition coefficient (Wildman–Crippen LogP) is 4.94. The first-order valence-corrected chi connectivity index (χ1v) is 7.94. The normalized spacial score (nSPS) is 13.1. The third kappa shape index (κ3) is 4.34. The Bertz CT molecular complexity index is 467. The Labute approximate surface area is 124 Å². The summed E-state index contributed by atoms with van der Waals surface area (Å²) >= 11 is 8.25. The van der Waals surface area contributed by atoms with Gasteiger partial charge < -0.3 is 0 Å². The number of nitrogens with zero attached hydrogens (tertiary/aromatic N) is 1. The number of halogens is 1. The molecule has 0 bridgehead atoms. The molecule has 0 spiro atoms. The van der Waals surface area contributed by atoms with Crippen LogP contribution in [0, 0.1) is 0 Å². The number of rotatable bonds is 6. The van der Waals surface area contributed by atoms with Crippen LogP contribution >= 0.6 is 22.9 Å². The summed E-state index contributed by atoms with van der Waals surface area (Å²) in [6.07, 6.45) is 0. The highest BCUT2D eigenvalue weighted by atomic mass is 35.5. The molecule has 0 aliphatic rings. The molecule has 1 atom stereocenters. The molecule has 0 radical (unpaired) electrons. The second-order valence-corrected chi connectivity index (χ2v) is 6.50. The lowest BCUT2D eigenvalue weighted by molar-refractivity contribution is 0.213. The first kappa shape index (κ1) is 14.6. The molecule has 1 unspecified atom stereocenters. The van der Waals surface area contributed by atoms with Crippen molar-refractivity contribution in [2.45, 2.75) is 31.8 Å². The van der Waals surface area contributed by atoms with E-state index in [9.17, 15) is 0 Å². The lowest BCUT2D eigenvalue weighted by Crippen LogP contribution is -2.33. The minimum Gasteiger partial charge on any atom is -0.295 e. The second-order valence-electron chi connectivity index (χ2n) is 4.99. The highest BCUT2D eigenvalue weighted by Gasteiger charge is 2.17. The fraction of sp³-hybridized carbons (Fsp3) is 0.375. The van der Waals surface area contributed by atoms with Crippen LogP contribution in [-0.4, -0.2) is 17.5 Å². The molecule has 0 aliphatic carbocycles. The van der Waals surface area contributed by atoms with Gasteiger partial charge in [0.1, 0.15) is 0 Å². The van der Waals surface area contributed by atoms with E-state index in [1.54, 1.807) is 11.3 Å². The number of hydrogen-bond donors (Lipinski definition) is 0. The van der Waals surface area contributed by atoms with Crippen molar-refractivity contribution < 1.29 is 0 Å². The van der Waals surface area contributed by atoms with Gasteiger partial charge in [-0.1, -0.05) is 36.4 Å². The lowest BCUT2D eigenvalue weighted by atomic mass is 10.1. The molecule has 0 N–H and O–H groups in total. The Morgan fingerprint density at radius 2 is 1.84 bits per heavy atom. The van der Waals surface area contributed by atoms with Crippen LogP contribution in [0.2, 0.25) is 0 Å². The second kappa shape index (κ2) is 7.09. The summed E-state index contributed by atoms with van der Waals surface area (Å²) in [6, 6.07) is 15.2. The van der Waals surface area contributed by atoms with E-state index in [-0.39, 0.29) is 5.38 Å². The zero-order chi connectivity index (χ0) is 13.7. The average molecular weight is 294 g/mol. The molecule has 0 amide bonds. The van der Waals surface area contributed by atoms with Crippen molar-refractivity contribution in [2.24, 2.45) is 0 Å². The van der Waals surface area contributed by atoms with Crippen molar-refractivity contribution in [1.82, 2.24) is 4.90 Å². The highest BCUT2D eigenvalue weighted by molar-refractivity contribution is 7.10. The average Bonchev–Trinajstić information content (AvgIpc) is 2.93.